The minimum Gasteiger partial charge on any atom is -0.238 e. The van der Waals surface area contributed by atoms with Crippen molar-refractivity contribution < 1.29 is 4.39 Å². The molecule has 11 heavy (non-hydrogen) atoms. The molecule has 1 saturated carbocycles. The van der Waals surface area contributed by atoms with Crippen LogP contribution in [0.1, 0.15) is 24.6 Å². The molecular weight excluding hydrogens is 167 g/mol. The lowest BCUT2D eigenvalue weighted by Gasteiger charge is -1.96. The molecule has 0 atom stereocenters. The van der Waals surface area contributed by atoms with Gasteiger partial charge in [-0.2, -0.15) is 0 Å². The zero-order valence-electron chi connectivity index (χ0n) is 5.72. The van der Waals surface area contributed by atoms with Crippen molar-refractivity contribution in [3.63, 3.8) is 0 Å². The molecule has 1 aromatic heterocycles. The minimum absolute atomic E-state index is 0.0677. The summed E-state index contributed by atoms with van der Waals surface area (Å²) < 4.78 is 12.5. The normalized spacial score (nSPS) is 16.9. The van der Waals surface area contributed by atoms with Gasteiger partial charge in [0, 0.05) is 5.92 Å². The van der Waals surface area contributed by atoms with E-state index in [1.54, 1.807) is 0 Å². The monoisotopic (exact) mass is 172 g/mol. The molecule has 2 rings (SSSR count). The maximum Gasteiger partial charge on any atom is 0.178 e. The van der Waals surface area contributed by atoms with Gasteiger partial charge in [-0.15, -0.1) is 0 Å². The average molecular weight is 173 g/mol. The SMILES string of the molecule is Fc1cnc(C2CC2)nc1Cl. The molecular formula is C7H6ClFN2. The first kappa shape index (κ1) is 6.98. The van der Waals surface area contributed by atoms with Gasteiger partial charge >= 0.3 is 0 Å². The molecule has 58 valence electrons. The van der Waals surface area contributed by atoms with Gasteiger partial charge in [-0.1, -0.05) is 11.6 Å². The zero-order valence-corrected chi connectivity index (χ0v) is 6.48. The number of hydrogen-bond acceptors (Lipinski definition) is 2. The van der Waals surface area contributed by atoms with Gasteiger partial charge in [0.2, 0.25) is 0 Å². The van der Waals surface area contributed by atoms with E-state index in [-0.39, 0.29) is 5.15 Å². The second-order valence-corrected chi connectivity index (χ2v) is 3.00. The van der Waals surface area contributed by atoms with Crippen LogP contribution in [0.4, 0.5) is 4.39 Å². The van der Waals surface area contributed by atoms with Gasteiger partial charge in [-0.25, -0.2) is 14.4 Å². The molecule has 0 spiro atoms. The summed E-state index contributed by atoms with van der Waals surface area (Å²) in [6.45, 7) is 0. The molecule has 0 N–H and O–H groups in total. The summed E-state index contributed by atoms with van der Waals surface area (Å²) in [5.74, 6) is 0.556. The van der Waals surface area contributed by atoms with E-state index in [0.29, 0.717) is 11.7 Å². The van der Waals surface area contributed by atoms with Gasteiger partial charge in [0.25, 0.3) is 0 Å². The summed E-state index contributed by atoms with van der Waals surface area (Å²) in [5, 5.41) is -0.0677. The van der Waals surface area contributed by atoms with E-state index in [4.69, 9.17) is 11.6 Å². The van der Waals surface area contributed by atoms with Gasteiger partial charge < -0.3 is 0 Å². The van der Waals surface area contributed by atoms with E-state index in [2.05, 4.69) is 9.97 Å². The van der Waals surface area contributed by atoms with Gasteiger partial charge in [-0.05, 0) is 12.8 Å². The molecule has 4 heteroatoms. The molecule has 1 aromatic rings. The minimum atomic E-state index is -0.545. The highest BCUT2D eigenvalue weighted by Gasteiger charge is 2.26. The van der Waals surface area contributed by atoms with Crippen molar-refractivity contribution in [2.75, 3.05) is 0 Å². The number of rotatable bonds is 1. The molecule has 1 aliphatic carbocycles. The molecule has 1 heterocycles. The van der Waals surface area contributed by atoms with E-state index < -0.39 is 5.82 Å². The second kappa shape index (κ2) is 2.41. The first-order valence-electron chi connectivity index (χ1n) is 3.45. The van der Waals surface area contributed by atoms with E-state index in [9.17, 15) is 4.39 Å². The first-order chi connectivity index (χ1) is 5.27. The Labute approximate surface area is 68.4 Å². The van der Waals surface area contributed by atoms with Crippen LogP contribution < -0.4 is 0 Å². The molecule has 2 nitrogen and oxygen atoms in total. The Morgan fingerprint density at radius 3 is 2.82 bits per heavy atom. The van der Waals surface area contributed by atoms with Crippen molar-refractivity contribution in [3.8, 4) is 0 Å². The Hall–Kier alpha value is -0.700. The second-order valence-electron chi connectivity index (χ2n) is 2.64. The molecule has 0 saturated heterocycles. The molecule has 0 unspecified atom stereocenters. The Morgan fingerprint density at radius 2 is 2.27 bits per heavy atom. The van der Waals surface area contributed by atoms with E-state index in [0.717, 1.165) is 19.0 Å². The summed E-state index contributed by atoms with van der Waals surface area (Å²) in [4.78, 5) is 7.64. The lowest BCUT2D eigenvalue weighted by Crippen LogP contribution is -1.94. The predicted molar refractivity (Wildman–Crippen MR) is 39.0 cm³/mol. The smallest absolute Gasteiger partial charge is 0.178 e. The predicted octanol–water partition coefficient (Wildman–Crippen LogP) is 2.15. The summed E-state index contributed by atoms with van der Waals surface area (Å²) in [7, 11) is 0. The van der Waals surface area contributed by atoms with Crippen molar-refractivity contribution in [1.82, 2.24) is 9.97 Å². The Morgan fingerprint density at radius 1 is 1.55 bits per heavy atom. The van der Waals surface area contributed by atoms with Crippen molar-refractivity contribution in [2.45, 2.75) is 18.8 Å². The number of nitrogens with zero attached hydrogens (tertiary/aromatic N) is 2. The maximum absolute atomic E-state index is 12.5. The fourth-order valence-electron chi connectivity index (χ4n) is 0.897. The lowest BCUT2D eigenvalue weighted by atomic mass is 10.4. The molecule has 1 aliphatic rings. The standard InChI is InChI=1S/C7H6ClFN2/c8-6-5(9)3-10-7(11-6)4-1-2-4/h3-4H,1-2H2. The van der Waals surface area contributed by atoms with E-state index in [1.807, 2.05) is 0 Å². The van der Waals surface area contributed by atoms with Crippen LogP contribution in [-0.4, -0.2) is 9.97 Å². The van der Waals surface area contributed by atoms with Gasteiger partial charge in [0.15, 0.2) is 11.0 Å². The van der Waals surface area contributed by atoms with Gasteiger partial charge in [0.05, 0.1) is 6.20 Å². The van der Waals surface area contributed by atoms with Crippen molar-refractivity contribution in [1.29, 1.82) is 0 Å². The van der Waals surface area contributed by atoms with Gasteiger partial charge in [-0.3, -0.25) is 0 Å². The van der Waals surface area contributed by atoms with Crippen molar-refractivity contribution in [2.24, 2.45) is 0 Å². The first-order valence-corrected chi connectivity index (χ1v) is 3.83. The average Bonchev–Trinajstić information content (AvgIpc) is 2.77. The largest absolute Gasteiger partial charge is 0.238 e. The quantitative estimate of drug-likeness (QED) is 0.607. The third-order valence-electron chi connectivity index (χ3n) is 1.66. The summed E-state index contributed by atoms with van der Waals surface area (Å²) >= 11 is 5.46. The van der Waals surface area contributed by atoms with Crippen LogP contribution in [0.3, 0.4) is 0 Å². The maximum atomic E-state index is 12.5. The number of aromatic nitrogens is 2. The fraction of sp³-hybridized carbons (Fsp3) is 0.429. The molecule has 0 aromatic carbocycles. The van der Waals surface area contributed by atoms with E-state index >= 15 is 0 Å². The van der Waals surface area contributed by atoms with Crippen LogP contribution in [0.25, 0.3) is 0 Å². The number of hydrogen-bond donors (Lipinski definition) is 0. The van der Waals surface area contributed by atoms with Gasteiger partial charge in [0.1, 0.15) is 5.82 Å². The van der Waals surface area contributed by atoms with Crippen LogP contribution in [0.5, 0.6) is 0 Å². The summed E-state index contributed by atoms with van der Waals surface area (Å²) in [6, 6.07) is 0. The van der Waals surface area contributed by atoms with Crippen LogP contribution in [0, 0.1) is 5.82 Å². The van der Waals surface area contributed by atoms with Crippen molar-refractivity contribution >= 4 is 11.6 Å². The topological polar surface area (TPSA) is 25.8 Å². The highest BCUT2D eigenvalue weighted by atomic mass is 35.5. The molecule has 0 radical (unpaired) electrons. The molecule has 0 bridgehead atoms. The molecule has 0 amide bonds. The molecule has 1 fully saturated rings. The van der Waals surface area contributed by atoms with Crippen LogP contribution in [0.2, 0.25) is 5.15 Å². The lowest BCUT2D eigenvalue weighted by molar-refractivity contribution is 0.609. The van der Waals surface area contributed by atoms with Crippen LogP contribution >= 0.6 is 11.6 Å². The highest BCUT2D eigenvalue weighted by Crippen LogP contribution is 2.38. The van der Waals surface area contributed by atoms with Crippen LogP contribution in [-0.2, 0) is 0 Å². The summed E-state index contributed by atoms with van der Waals surface area (Å²) in [6.07, 6.45) is 3.33. The highest BCUT2D eigenvalue weighted by molar-refractivity contribution is 6.29. The van der Waals surface area contributed by atoms with Crippen LogP contribution in [0.15, 0.2) is 6.20 Å². The Balaban J connectivity index is 2.36. The zero-order chi connectivity index (χ0) is 7.84. The van der Waals surface area contributed by atoms with Crippen molar-refractivity contribution in [3.05, 3.63) is 23.0 Å². The summed E-state index contributed by atoms with van der Waals surface area (Å²) in [5.41, 5.74) is 0. The Bertz CT molecular complexity index is 286. The Kier molecular flexibility index (Phi) is 1.53. The van der Waals surface area contributed by atoms with E-state index in [1.165, 1.54) is 0 Å². The third kappa shape index (κ3) is 1.33. The fourth-order valence-corrected chi connectivity index (χ4v) is 1.03. The number of halogens is 2. The molecule has 0 aliphatic heterocycles. The third-order valence-corrected chi connectivity index (χ3v) is 1.93.